The van der Waals surface area contributed by atoms with E-state index in [1.54, 1.807) is 23.6 Å². The summed E-state index contributed by atoms with van der Waals surface area (Å²) in [4.78, 5) is 21.9. The number of halogens is 1. The van der Waals surface area contributed by atoms with Crippen molar-refractivity contribution in [2.45, 2.75) is 6.42 Å². The van der Waals surface area contributed by atoms with Crippen LogP contribution in [0.15, 0.2) is 39.5 Å². The van der Waals surface area contributed by atoms with E-state index in [4.69, 9.17) is 0 Å². The van der Waals surface area contributed by atoms with E-state index in [-0.39, 0.29) is 17.9 Å². The summed E-state index contributed by atoms with van der Waals surface area (Å²) in [7, 11) is 0. The molecule has 0 fully saturated rings. The number of Topliss-reactive ketones (excluding diaryl/α,β-unsaturated/α-hetero) is 1. The van der Waals surface area contributed by atoms with Crippen LogP contribution in [0.25, 0.3) is 0 Å². The van der Waals surface area contributed by atoms with Gasteiger partial charge >= 0.3 is 0 Å². The molecule has 1 heterocycles. The average Bonchev–Trinajstić information content (AvgIpc) is 2.76. The van der Waals surface area contributed by atoms with Gasteiger partial charge < -0.3 is 0 Å². The van der Waals surface area contributed by atoms with Crippen molar-refractivity contribution < 1.29 is 9.72 Å². The highest BCUT2D eigenvalue weighted by Gasteiger charge is 2.10. The first kappa shape index (κ1) is 12.9. The van der Waals surface area contributed by atoms with Crippen molar-refractivity contribution >= 4 is 38.7 Å². The molecule has 0 N–H and O–H groups in total. The van der Waals surface area contributed by atoms with Crippen LogP contribution < -0.4 is 0 Å². The number of nitro groups is 1. The second-order valence-corrected chi connectivity index (χ2v) is 5.95. The summed E-state index contributed by atoms with van der Waals surface area (Å²) in [6, 6.07) is 7.81. The van der Waals surface area contributed by atoms with Crippen molar-refractivity contribution in [3.05, 3.63) is 60.7 Å². The monoisotopic (exact) mass is 325 g/mol. The summed E-state index contributed by atoms with van der Waals surface area (Å²) in [5.74, 6) is 0.00537. The van der Waals surface area contributed by atoms with Gasteiger partial charge in [-0.2, -0.15) is 0 Å². The summed E-state index contributed by atoms with van der Waals surface area (Å²) in [6.07, 6.45) is 0.251. The Kier molecular flexibility index (Phi) is 3.88. The van der Waals surface area contributed by atoms with Crippen LogP contribution >= 0.6 is 27.3 Å². The summed E-state index contributed by atoms with van der Waals surface area (Å²) in [6.45, 7) is 0. The minimum atomic E-state index is -0.457. The van der Waals surface area contributed by atoms with Crippen molar-refractivity contribution in [1.82, 2.24) is 0 Å². The van der Waals surface area contributed by atoms with Crippen molar-refractivity contribution in [3.63, 3.8) is 0 Å². The molecule has 0 atom stereocenters. The minimum absolute atomic E-state index is 0.00537. The van der Waals surface area contributed by atoms with E-state index in [1.165, 1.54) is 23.5 Å². The zero-order valence-corrected chi connectivity index (χ0v) is 11.5. The lowest BCUT2D eigenvalue weighted by atomic mass is 10.1. The maximum absolute atomic E-state index is 11.9. The van der Waals surface area contributed by atoms with E-state index in [2.05, 4.69) is 15.9 Å². The Labute approximate surface area is 116 Å². The van der Waals surface area contributed by atoms with Gasteiger partial charge in [0.1, 0.15) is 0 Å². The third kappa shape index (κ3) is 3.02. The Balaban J connectivity index is 2.10. The van der Waals surface area contributed by atoms with Crippen LogP contribution in [0.4, 0.5) is 5.69 Å². The number of nitrogens with zero attached hydrogens (tertiary/aromatic N) is 1. The first-order valence-corrected chi connectivity index (χ1v) is 6.74. The van der Waals surface area contributed by atoms with E-state index >= 15 is 0 Å². The predicted molar refractivity (Wildman–Crippen MR) is 73.1 cm³/mol. The number of carbonyl (C=O) groups is 1. The van der Waals surface area contributed by atoms with Gasteiger partial charge in [0.25, 0.3) is 5.69 Å². The fraction of sp³-hybridized carbons (Fsp3) is 0.0833. The molecule has 0 saturated carbocycles. The van der Waals surface area contributed by atoms with Gasteiger partial charge in [-0.15, -0.1) is 11.3 Å². The number of non-ortho nitro benzene ring substituents is 1. The van der Waals surface area contributed by atoms with Gasteiger partial charge in [-0.05, 0) is 27.6 Å². The van der Waals surface area contributed by atoms with Crippen LogP contribution in [0.3, 0.4) is 0 Å². The zero-order chi connectivity index (χ0) is 13.1. The number of hydrogen-bond donors (Lipinski definition) is 0. The first-order valence-electron chi connectivity index (χ1n) is 5.07. The smallest absolute Gasteiger partial charge is 0.269 e. The van der Waals surface area contributed by atoms with Gasteiger partial charge in [0.15, 0.2) is 5.78 Å². The molecule has 0 aliphatic rings. The molecule has 0 aliphatic carbocycles. The van der Waals surface area contributed by atoms with Gasteiger partial charge in [-0.1, -0.05) is 12.1 Å². The molecule has 0 radical (unpaired) electrons. The molecule has 2 aromatic rings. The molecular weight excluding hydrogens is 318 g/mol. The third-order valence-corrected chi connectivity index (χ3v) is 3.91. The maximum atomic E-state index is 11.9. The molecule has 6 heteroatoms. The Morgan fingerprint density at radius 1 is 1.33 bits per heavy atom. The summed E-state index contributed by atoms with van der Waals surface area (Å²) < 4.78 is 0.912. The topological polar surface area (TPSA) is 60.2 Å². The summed E-state index contributed by atoms with van der Waals surface area (Å²) >= 11 is 4.76. The second-order valence-electron chi connectivity index (χ2n) is 3.66. The van der Waals surface area contributed by atoms with Crippen LogP contribution in [0, 0.1) is 10.1 Å². The van der Waals surface area contributed by atoms with Gasteiger partial charge in [-0.3, -0.25) is 14.9 Å². The number of nitro benzene ring substituents is 1. The molecule has 0 spiro atoms. The Hall–Kier alpha value is -1.53. The van der Waals surface area contributed by atoms with E-state index in [9.17, 15) is 14.9 Å². The van der Waals surface area contributed by atoms with Crippen LogP contribution in [0.2, 0.25) is 0 Å². The van der Waals surface area contributed by atoms with Gasteiger partial charge in [0.2, 0.25) is 0 Å². The number of thiophene rings is 1. The number of benzene rings is 1. The van der Waals surface area contributed by atoms with Crippen molar-refractivity contribution in [1.29, 1.82) is 0 Å². The maximum Gasteiger partial charge on any atom is 0.269 e. The summed E-state index contributed by atoms with van der Waals surface area (Å²) in [5.41, 5.74) is 1.46. The lowest BCUT2D eigenvalue weighted by Gasteiger charge is -1.99. The predicted octanol–water partition coefficient (Wildman–Crippen LogP) is 3.84. The van der Waals surface area contributed by atoms with Gasteiger partial charge in [-0.25, -0.2) is 0 Å². The second kappa shape index (κ2) is 5.41. The van der Waals surface area contributed by atoms with E-state index < -0.39 is 4.92 Å². The number of ketones is 1. The highest BCUT2D eigenvalue weighted by molar-refractivity contribution is 9.11. The molecule has 18 heavy (non-hydrogen) atoms. The molecule has 92 valence electrons. The Morgan fingerprint density at radius 2 is 2.00 bits per heavy atom. The molecule has 0 unspecified atom stereocenters. The molecule has 0 bridgehead atoms. The van der Waals surface area contributed by atoms with Gasteiger partial charge in [0.05, 0.1) is 8.71 Å². The minimum Gasteiger partial charge on any atom is -0.294 e. The Morgan fingerprint density at radius 3 is 2.50 bits per heavy atom. The van der Waals surface area contributed by atoms with Crippen molar-refractivity contribution in [3.8, 4) is 0 Å². The fourth-order valence-electron chi connectivity index (χ4n) is 1.48. The molecule has 2 rings (SSSR count). The number of rotatable bonds is 4. The average molecular weight is 326 g/mol. The summed E-state index contributed by atoms with van der Waals surface area (Å²) in [5, 5.41) is 12.3. The standard InChI is InChI=1S/C12H8BrNO3S/c13-12-6-9(7-18-12)11(15)5-8-1-3-10(4-2-8)14(16)17/h1-4,6-7H,5H2. The van der Waals surface area contributed by atoms with Gasteiger partial charge in [0, 0.05) is 29.5 Å². The van der Waals surface area contributed by atoms with E-state index in [0.29, 0.717) is 5.56 Å². The van der Waals surface area contributed by atoms with Crippen molar-refractivity contribution in [2.75, 3.05) is 0 Å². The number of carbonyl (C=O) groups excluding carboxylic acids is 1. The zero-order valence-electron chi connectivity index (χ0n) is 9.13. The van der Waals surface area contributed by atoms with E-state index in [1.807, 2.05) is 0 Å². The Bertz CT molecular complexity index is 592. The van der Waals surface area contributed by atoms with Crippen LogP contribution in [0.5, 0.6) is 0 Å². The highest BCUT2D eigenvalue weighted by Crippen LogP contribution is 2.22. The highest BCUT2D eigenvalue weighted by atomic mass is 79.9. The van der Waals surface area contributed by atoms with Crippen LogP contribution in [0.1, 0.15) is 15.9 Å². The molecule has 0 aliphatic heterocycles. The van der Waals surface area contributed by atoms with Crippen LogP contribution in [-0.4, -0.2) is 10.7 Å². The molecule has 4 nitrogen and oxygen atoms in total. The molecule has 0 saturated heterocycles. The molecule has 0 amide bonds. The SMILES string of the molecule is O=C(Cc1ccc([N+](=O)[O-])cc1)c1csc(Br)c1. The normalized spacial score (nSPS) is 10.3. The fourth-order valence-corrected chi connectivity index (χ4v) is 2.64. The molecular formula is C12H8BrNO3S. The van der Waals surface area contributed by atoms with E-state index in [0.717, 1.165) is 9.35 Å². The van der Waals surface area contributed by atoms with Crippen molar-refractivity contribution in [2.24, 2.45) is 0 Å². The first-order chi connectivity index (χ1) is 8.56. The number of hydrogen-bond acceptors (Lipinski definition) is 4. The lowest BCUT2D eigenvalue weighted by Crippen LogP contribution is -2.02. The lowest BCUT2D eigenvalue weighted by molar-refractivity contribution is -0.384. The largest absolute Gasteiger partial charge is 0.294 e. The van der Waals surface area contributed by atoms with Crippen LogP contribution in [-0.2, 0) is 6.42 Å². The molecule has 1 aromatic carbocycles. The third-order valence-electron chi connectivity index (χ3n) is 2.40. The molecule has 1 aromatic heterocycles. The quantitative estimate of drug-likeness (QED) is 0.487.